The fourth-order valence-corrected chi connectivity index (χ4v) is 4.01. The highest BCUT2D eigenvalue weighted by atomic mass is 19.1. The number of aliphatic hydroxyl groups is 1. The highest BCUT2D eigenvalue weighted by Gasteiger charge is 2.36. The summed E-state index contributed by atoms with van der Waals surface area (Å²) in [6.45, 7) is 1.61. The van der Waals surface area contributed by atoms with E-state index in [0.29, 0.717) is 34.6 Å². The van der Waals surface area contributed by atoms with E-state index < -0.39 is 11.9 Å². The molecule has 2 aromatic rings. The summed E-state index contributed by atoms with van der Waals surface area (Å²) in [5.74, 6) is -0.294. The van der Waals surface area contributed by atoms with Gasteiger partial charge in [-0.05, 0) is 36.2 Å². The Morgan fingerprint density at radius 2 is 2.06 bits per heavy atom. The van der Waals surface area contributed by atoms with Gasteiger partial charge in [0.05, 0.1) is 36.0 Å². The number of nitrogens with zero attached hydrogens (tertiary/aromatic N) is 3. The maximum Gasteiger partial charge on any atom is 0.258 e. The Morgan fingerprint density at radius 3 is 2.77 bits per heavy atom. The van der Waals surface area contributed by atoms with Crippen LogP contribution in [0.4, 0.5) is 4.39 Å². The summed E-state index contributed by atoms with van der Waals surface area (Å²) >= 11 is 0. The summed E-state index contributed by atoms with van der Waals surface area (Å²) in [4.78, 5) is 19.6. The molecule has 1 fully saturated rings. The first-order chi connectivity index (χ1) is 15.0. The summed E-state index contributed by atoms with van der Waals surface area (Å²) in [5.41, 5.74) is 2.58. The molecular weight excluding hydrogens is 405 g/mol. The van der Waals surface area contributed by atoms with Crippen LogP contribution in [-0.4, -0.2) is 54.7 Å². The molecule has 2 aliphatic heterocycles. The zero-order valence-electron chi connectivity index (χ0n) is 17.0. The number of carbonyl (C=O) groups is 1. The number of nitriles is 1. The number of oxime groups is 1. The monoisotopic (exact) mass is 425 g/mol. The molecule has 0 aromatic heterocycles. The fraction of sp³-hybridized carbons (Fsp3) is 0.318. The van der Waals surface area contributed by atoms with Crippen LogP contribution in [0, 0.1) is 24.1 Å². The van der Waals surface area contributed by atoms with Crippen LogP contribution in [0.1, 0.15) is 27.9 Å². The highest BCUT2D eigenvalue weighted by molar-refractivity contribution is 6.03. The first-order valence-corrected chi connectivity index (χ1v) is 9.63. The number of fused-ring (bicyclic) bond motifs is 1. The third kappa shape index (κ3) is 3.45. The van der Waals surface area contributed by atoms with Crippen LogP contribution in [0.3, 0.4) is 0 Å². The van der Waals surface area contributed by atoms with Gasteiger partial charge < -0.3 is 24.3 Å². The molecule has 2 heterocycles. The molecule has 0 radical (unpaired) electrons. The number of hydrogen-bond donors (Lipinski definition) is 1. The van der Waals surface area contributed by atoms with Gasteiger partial charge in [-0.1, -0.05) is 11.2 Å². The Morgan fingerprint density at radius 1 is 1.32 bits per heavy atom. The molecule has 4 rings (SSSR count). The fourth-order valence-electron chi connectivity index (χ4n) is 4.01. The molecule has 31 heavy (non-hydrogen) atoms. The standard InChI is InChI=1S/C22H20FN3O5/c1-12-15(5-6-19(23)18(12)8-24)16-3-4-17(21-20(16)30-11-31-21)22(28)26-9-13(25-29-2)7-14(26)10-27/h3-6,14,27H,7,9-11H2,1-2H3/b25-13+. The molecule has 8 nitrogen and oxygen atoms in total. The van der Waals surface area contributed by atoms with Crippen molar-refractivity contribution in [3.05, 3.63) is 46.8 Å². The van der Waals surface area contributed by atoms with Crippen molar-refractivity contribution in [2.75, 3.05) is 27.1 Å². The molecular formula is C22H20FN3O5. The van der Waals surface area contributed by atoms with E-state index in [1.165, 1.54) is 18.1 Å². The third-order valence-corrected chi connectivity index (χ3v) is 5.52. The van der Waals surface area contributed by atoms with E-state index in [9.17, 15) is 19.6 Å². The lowest BCUT2D eigenvalue weighted by Crippen LogP contribution is -2.38. The van der Waals surface area contributed by atoms with Gasteiger partial charge in [0.25, 0.3) is 5.91 Å². The van der Waals surface area contributed by atoms with Crippen molar-refractivity contribution in [1.29, 1.82) is 5.26 Å². The Balaban J connectivity index is 1.75. The first kappa shape index (κ1) is 20.6. The van der Waals surface area contributed by atoms with Gasteiger partial charge in [-0.15, -0.1) is 0 Å². The molecule has 1 atom stereocenters. The van der Waals surface area contributed by atoms with E-state index in [0.717, 1.165) is 0 Å². The Bertz CT molecular complexity index is 1130. The van der Waals surface area contributed by atoms with E-state index in [1.54, 1.807) is 25.1 Å². The van der Waals surface area contributed by atoms with Gasteiger partial charge in [-0.3, -0.25) is 4.79 Å². The van der Waals surface area contributed by atoms with Crippen LogP contribution in [0.2, 0.25) is 0 Å². The molecule has 2 aliphatic rings. The minimum Gasteiger partial charge on any atom is -0.453 e. The molecule has 1 unspecified atom stereocenters. The molecule has 160 valence electrons. The van der Waals surface area contributed by atoms with Gasteiger partial charge in [0.15, 0.2) is 11.5 Å². The summed E-state index contributed by atoms with van der Waals surface area (Å²) in [5, 5.41) is 22.9. The number of hydrogen-bond acceptors (Lipinski definition) is 7. The number of carbonyl (C=O) groups excluding carboxylic acids is 1. The number of ether oxygens (including phenoxy) is 2. The number of aliphatic hydroxyl groups excluding tert-OH is 1. The van der Waals surface area contributed by atoms with E-state index >= 15 is 0 Å². The predicted octanol–water partition coefficient (Wildman–Crippen LogP) is 2.61. The van der Waals surface area contributed by atoms with E-state index in [-0.39, 0.29) is 42.7 Å². The van der Waals surface area contributed by atoms with E-state index in [1.807, 2.05) is 6.07 Å². The molecule has 1 saturated heterocycles. The summed E-state index contributed by atoms with van der Waals surface area (Å²) in [6.07, 6.45) is 0.416. The second-order valence-electron chi connectivity index (χ2n) is 7.25. The summed E-state index contributed by atoms with van der Waals surface area (Å²) in [6, 6.07) is 7.56. The van der Waals surface area contributed by atoms with Crippen LogP contribution in [0.15, 0.2) is 29.4 Å². The summed E-state index contributed by atoms with van der Waals surface area (Å²) < 4.78 is 25.2. The van der Waals surface area contributed by atoms with Gasteiger partial charge in [0, 0.05) is 12.0 Å². The van der Waals surface area contributed by atoms with Crippen molar-refractivity contribution < 1.29 is 28.6 Å². The van der Waals surface area contributed by atoms with Crippen LogP contribution >= 0.6 is 0 Å². The zero-order chi connectivity index (χ0) is 22.1. The predicted molar refractivity (Wildman–Crippen MR) is 108 cm³/mol. The maximum absolute atomic E-state index is 14.0. The van der Waals surface area contributed by atoms with Crippen molar-refractivity contribution in [3.8, 4) is 28.7 Å². The molecule has 1 N–H and O–H groups in total. The average molecular weight is 425 g/mol. The number of benzene rings is 2. The van der Waals surface area contributed by atoms with Crippen molar-refractivity contribution in [2.45, 2.75) is 19.4 Å². The second kappa shape index (κ2) is 8.24. The van der Waals surface area contributed by atoms with Crippen LogP contribution in [0.5, 0.6) is 11.5 Å². The van der Waals surface area contributed by atoms with Crippen molar-refractivity contribution >= 4 is 11.6 Å². The normalized spacial score (nSPS) is 18.4. The molecule has 0 spiro atoms. The molecule has 1 amide bonds. The minimum absolute atomic E-state index is 0.0434. The lowest BCUT2D eigenvalue weighted by Gasteiger charge is -2.23. The summed E-state index contributed by atoms with van der Waals surface area (Å²) in [7, 11) is 1.43. The third-order valence-electron chi connectivity index (χ3n) is 5.52. The van der Waals surface area contributed by atoms with Crippen molar-refractivity contribution in [2.24, 2.45) is 5.16 Å². The van der Waals surface area contributed by atoms with Crippen molar-refractivity contribution in [1.82, 2.24) is 4.90 Å². The van der Waals surface area contributed by atoms with Crippen LogP contribution in [0.25, 0.3) is 11.1 Å². The minimum atomic E-state index is -0.595. The molecule has 0 bridgehead atoms. The smallest absolute Gasteiger partial charge is 0.258 e. The van der Waals surface area contributed by atoms with Gasteiger partial charge >= 0.3 is 0 Å². The van der Waals surface area contributed by atoms with Gasteiger partial charge in [-0.25, -0.2) is 4.39 Å². The Hall–Kier alpha value is -3.64. The topological polar surface area (TPSA) is 104 Å². The van der Waals surface area contributed by atoms with Crippen molar-refractivity contribution in [3.63, 3.8) is 0 Å². The maximum atomic E-state index is 14.0. The Labute approximate surface area is 178 Å². The number of halogens is 1. The van der Waals surface area contributed by atoms with Gasteiger partial charge in [0.2, 0.25) is 6.79 Å². The van der Waals surface area contributed by atoms with Crippen LogP contribution < -0.4 is 9.47 Å². The van der Waals surface area contributed by atoms with Crippen LogP contribution in [-0.2, 0) is 4.84 Å². The lowest BCUT2D eigenvalue weighted by molar-refractivity contribution is 0.0675. The average Bonchev–Trinajstić information content (AvgIpc) is 3.41. The second-order valence-corrected chi connectivity index (χ2v) is 7.25. The highest BCUT2D eigenvalue weighted by Crippen LogP contribution is 2.45. The van der Waals surface area contributed by atoms with Gasteiger partial charge in [0.1, 0.15) is 19.0 Å². The van der Waals surface area contributed by atoms with E-state index in [4.69, 9.17) is 14.3 Å². The molecule has 0 saturated carbocycles. The molecule has 2 aromatic carbocycles. The quantitative estimate of drug-likeness (QED) is 0.755. The Kier molecular flexibility index (Phi) is 5.48. The SMILES string of the molecule is CO/N=C1\CC(CO)N(C(=O)c2ccc(-c3ccc(F)c(C#N)c3C)c3c2OCO3)C1. The first-order valence-electron chi connectivity index (χ1n) is 9.63. The van der Waals surface area contributed by atoms with E-state index in [2.05, 4.69) is 5.16 Å². The zero-order valence-corrected chi connectivity index (χ0v) is 17.0. The number of likely N-dealkylation sites (tertiary alicyclic amines) is 1. The lowest BCUT2D eigenvalue weighted by atomic mass is 9.94. The number of rotatable bonds is 4. The molecule has 0 aliphatic carbocycles. The van der Waals surface area contributed by atoms with Gasteiger partial charge in [-0.2, -0.15) is 5.26 Å². The molecule has 9 heteroatoms. The number of amides is 1. The largest absolute Gasteiger partial charge is 0.453 e.